The molecule has 0 radical (unpaired) electrons. The molecule has 8 heteroatoms. The van der Waals surface area contributed by atoms with E-state index in [-0.39, 0.29) is 0 Å². The van der Waals surface area contributed by atoms with E-state index in [2.05, 4.69) is 8.37 Å². The van der Waals surface area contributed by atoms with Gasteiger partial charge < -0.3 is 0 Å². The highest BCUT2D eigenvalue weighted by Gasteiger charge is 2.31. The summed E-state index contributed by atoms with van der Waals surface area (Å²) in [6.07, 6.45) is 0. The van der Waals surface area contributed by atoms with E-state index < -0.39 is 36.5 Å². The highest BCUT2D eigenvalue weighted by atomic mass is 32.3. The lowest BCUT2D eigenvalue weighted by Gasteiger charge is -2.21. The molecule has 0 aromatic carbocycles. The van der Waals surface area contributed by atoms with Crippen LogP contribution in [0.3, 0.4) is 0 Å². The summed E-state index contributed by atoms with van der Waals surface area (Å²) >= 11 is 0. The highest BCUT2D eigenvalue weighted by Crippen LogP contribution is 2.17. The normalized spacial score (nSPS) is 14.9. The van der Waals surface area contributed by atoms with Crippen molar-refractivity contribution in [3.63, 3.8) is 0 Å². The molecule has 0 N–H and O–H groups in total. The van der Waals surface area contributed by atoms with E-state index >= 15 is 0 Å². The monoisotopic (exact) mass is 288 g/mol. The fraction of sp³-hybridized carbons (Fsp3) is 1.00. The van der Waals surface area contributed by atoms with Crippen LogP contribution in [-0.2, 0) is 28.6 Å². The summed E-state index contributed by atoms with van der Waals surface area (Å²) in [6.45, 7) is 9.09. The first-order chi connectivity index (χ1) is 7.12. The molecule has 104 valence electrons. The molecule has 0 atom stereocenters. The maximum atomic E-state index is 11.5. The van der Waals surface area contributed by atoms with E-state index in [4.69, 9.17) is 0 Å². The topological polar surface area (TPSA) is 86.7 Å². The molecule has 0 aliphatic carbocycles. The van der Waals surface area contributed by atoms with Crippen LogP contribution in [0.4, 0.5) is 0 Å². The summed E-state index contributed by atoms with van der Waals surface area (Å²) in [6, 6.07) is 0. The van der Waals surface area contributed by atoms with Crippen LogP contribution < -0.4 is 0 Å². The van der Waals surface area contributed by atoms with Gasteiger partial charge in [0.1, 0.15) is 0 Å². The molecule has 0 fully saturated rings. The zero-order valence-electron chi connectivity index (χ0n) is 11.0. The van der Waals surface area contributed by atoms with E-state index in [9.17, 15) is 16.8 Å². The summed E-state index contributed by atoms with van der Waals surface area (Å²) in [5, 5.41) is -1.19. The predicted octanol–water partition coefficient (Wildman–Crippen LogP) is 1.23. The van der Waals surface area contributed by atoms with Gasteiger partial charge in [0.2, 0.25) is 5.08 Å². The van der Waals surface area contributed by atoms with Crippen molar-refractivity contribution in [2.45, 2.75) is 52.7 Å². The fourth-order valence-electron chi connectivity index (χ4n) is 0.987. The molecule has 6 nitrogen and oxygen atoms in total. The average molecular weight is 288 g/mol. The average Bonchev–Trinajstić information content (AvgIpc) is 1.65. The third kappa shape index (κ3) is 9.51. The van der Waals surface area contributed by atoms with E-state index in [0.717, 1.165) is 0 Å². The minimum atomic E-state index is -4.18. The zero-order chi connectivity index (χ0) is 14.1. The van der Waals surface area contributed by atoms with Crippen molar-refractivity contribution in [3.05, 3.63) is 0 Å². The van der Waals surface area contributed by atoms with Crippen LogP contribution in [0, 0.1) is 0 Å². The Labute approximate surface area is 104 Å². The van der Waals surface area contributed by atoms with Gasteiger partial charge in [-0.3, -0.25) is 8.37 Å². The maximum Gasteiger partial charge on any atom is 0.284 e. The molecule has 0 heterocycles. The maximum absolute atomic E-state index is 11.5. The molecule has 0 amide bonds. The van der Waals surface area contributed by atoms with Gasteiger partial charge in [-0.2, -0.15) is 16.8 Å². The Morgan fingerprint density at radius 3 is 1.12 bits per heavy atom. The van der Waals surface area contributed by atoms with Gasteiger partial charge in [0.25, 0.3) is 20.2 Å². The van der Waals surface area contributed by atoms with Crippen molar-refractivity contribution in [2.24, 2.45) is 0 Å². The first kappa shape index (κ1) is 16.8. The predicted molar refractivity (Wildman–Crippen MR) is 64.4 cm³/mol. The largest absolute Gasteiger partial charge is 0.284 e. The first-order valence-corrected chi connectivity index (χ1v) is 8.14. The Kier molecular flexibility index (Phi) is 4.78. The Morgan fingerprint density at radius 2 is 0.941 bits per heavy atom. The number of hydrogen-bond donors (Lipinski definition) is 0. The second-order valence-electron chi connectivity index (χ2n) is 5.62. The molecule has 0 saturated carbocycles. The third-order valence-electron chi connectivity index (χ3n) is 1.04. The van der Waals surface area contributed by atoms with E-state index in [0.29, 0.717) is 0 Å². The van der Waals surface area contributed by atoms with Crippen molar-refractivity contribution in [1.82, 2.24) is 0 Å². The molecule has 17 heavy (non-hydrogen) atoms. The van der Waals surface area contributed by atoms with E-state index in [1.165, 1.54) is 41.5 Å². The highest BCUT2D eigenvalue weighted by molar-refractivity contribution is 8.03. The van der Waals surface area contributed by atoms with Gasteiger partial charge in [0.05, 0.1) is 11.2 Å². The van der Waals surface area contributed by atoms with Crippen LogP contribution >= 0.6 is 0 Å². The Hall–Kier alpha value is -0.180. The van der Waals surface area contributed by atoms with Gasteiger partial charge >= 0.3 is 0 Å². The second-order valence-corrected chi connectivity index (χ2v) is 9.13. The van der Waals surface area contributed by atoms with Crippen LogP contribution in [0.2, 0.25) is 0 Å². The molecule has 0 unspecified atom stereocenters. The summed E-state index contributed by atoms with van der Waals surface area (Å²) in [7, 11) is -8.36. The lowest BCUT2D eigenvalue weighted by Crippen LogP contribution is -2.32. The van der Waals surface area contributed by atoms with Crippen LogP contribution in [0.15, 0.2) is 0 Å². The number of hydrogen-bond acceptors (Lipinski definition) is 6. The lowest BCUT2D eigenvalue weighted by molar-refractivity contribution is 0.135. The Balaban J connectivity index is 4.86. The summed E-state index contributed by atoms with van der Waals surface area (Å²) in [5.74, 6) is 0. The molecule has 0 rings (SSSR count). The van der Waals surface area contributed by atoms with Crippen molar-refractivity contribution >= 4 is 20.2 Å². The smallest absolute Gasteiger partial charge is 0.263 e. The van der Waals surface area contributed by atoms with Gasteiger partial charge in [-0.15, -0.1) is 0 Å². The molecular formula is C9H20O6S2. The van der Waals surface area contributed by atoms with E-state index in [1.807, 2.05) is 0 Å². The van der Waals surface area contributed by atoms with Gasteiger partial charge in [0.15, 0.2) is 0 Å². The SMILES string of the molecule is CC(C)(C)OS(=O)(=O)CS(=O)(=O)OC(C)(C)C. The molecule has 0 aromatic heterocycles. The number of rotatable bonds is 4. The minimum absolute atomic E-state index is 0.976. The molecule has 0 aliphatic heterocycles. The molecule has 0 bridgehead atoms. The summed E-state index contributed by atoms with van der Waals surface area (Å²) < 4.78 is 55.2. The van der Waals surface area contributed by atoms with Gasteiger partial charge in [-0.25, -0.2) is 0 Å². The van der Waals surface area contributed by atoms with Gasteiger partial charge in [-0.05, 0) is 41.5 Å². The van der Waals surface area contributed by atoms with Crippen LogP contribution in [-0.4, -0.2) is 33.1 Å². The lowest BCUT2D eigenvalue weighted by atomic mass is 10.2. The van der Waals surface area contributed by atoms with Gasteiger partial charge in [0, 0.05) is 0 Å². The summed E-state index contributed by atoms with van der Waals surface area (Å²) in [5.41, 5.74) is -1.95. The second kappa shape index (κ2) is 4.83. The van der Waals surface area contributed by atoms with Crippen molar-refractivity contribution < 1.29 is 25.2 Å². The van der Waals surface area contributed by atoms with Crippen molar-refractivity contribution in [3.8, 4) is 0 Å². The minimum Gasteiger partial charge on any atom is -0.263 e. The van der Waals surface area contributed by atoms with Crippen LogP contribution in [0.5, 0.6) is 0 Å². The van der Waals surface area contributed by atoms with E-state index in [1.54, 1.807) is 0 Å². The molecule has 0 spiro atoms. The van der Waals surface area contributed by atoms with Gasteiger partial charge in [-0.1, -0.05) is 0 Å². The first-order valence-electron chi connectivity index (χ1n) is 4.99. The fourth-order valence-corrected chi connectivity index (χ4v) is 4.31. The van der Waals surface area contributed by atoms with Crippen molar-refractivity contribution in [2.75, 3.05) is 5.08 Å². The molecular weight excluding hydrogens is 268 g/mol. The summed E-state index contributed by atoms with van der Waals surface area (Å²) in [4.78, 5) is 0. The van der Waals surface area contributed by atoms with Crippen LogP contribution in [0.1, 0.15) is 41.5 Å². The Bertz CT molecular complexity index is 403. The van der Waals surface area contributed by atoms with Crippen molar-refractivity contribution in [1.29, 1.82) is 0 Å². The molecule has 0 saturated heterocycles. The molecule has 0 aliphatic rings. The molecule has 0 aromatic rings. The Morgan fingerprint density at radius 1 is 0.706 bits per heavy atom. The third-order valence-corrected chi connectivity index (χ3v) is 4.86. The van der Waals surface area contributed by atoms with Crippen LogP contribution in [0.25, 0.3) is 0 Å². The zero-order valence-corrected chi connectivity index (χ0v) is 12.6. The quantitative estimate of drug-likeness (QED) is 0.723. The standard InChI is InChI=1S/C9H20O6S2/c1-8(2,3)14-16(10,11)7-17(12,13)15-9(4,5)6/h7H2,1-6H3.